The van der Waals surface area contributed by atoms with Gasteiger partial charge in [-0.05, 0) is 61.9 Å². The highest BCUT2D eigenvalue weighted by atomic mass is 31.2. The second-order valence-electron chi connectivity index (χ2n) is 8.91. The Morgan fingerprint density at radius 1 is 0.850 bits per heavy atom. The van der Waals surface area contributed by atoms with Gasteiger partial charge >= 0.3 is 19.8 Å². The molecule has 2 aromatic rings. The van der Waals surface area contributed by atoms with Crippen LogP contribution < -0.4 is 15.2 Å². The normalized spacial score (nSPS) is 14.1. The lowest BCUT2D eigenvalue weighted by molar-refractivity contribution is -0.147. The van der Waals surface area contributed by atoms with Gasteiger partial charge in [0.05, 0.1) is 26.4 Å². The van der Waals surface area contributed by atoms with Crippen LogP contribution >= 0.6 is 7.82 Å². The Kier molecular flexibility index (Phi) is 15.3. The third-order valence-electron chi connectivity index (χ3n) is 5.44. The summed E-state index contributed by atoms with van der Waals surface area (Å²) < 4.78 is 37.2. The van der Waals surface area contributed by atoms with Crippen LogP contribution in [-0.2, 0) is 34.4 Å². The van der Waals surface area contributed by atoms with Crippen molar-refractivity contribution in [3.8, 4) is 11.5 Å². The zero-order chi connectivity index (χ0) is 29.2. The van der Waals surface area contributed by atoms with E-state index < -0.39 is 51.7 Å². The predicted molar refractivity (Wildman–Crippen MR) is 145 cm³/mol. The number of benzene rings is 2. The number of aliphatic hydroxyl groups is 1. The molecule has 0 aliphatic rings. The van der Waals surface area contributed by atoms with E-state index >= 15 is 0 Å². The number of aryl methyl sites for hydroxylation is 1. The molecule has 222 valence electrons. The van der Waals surface area contributed by atoms with E-state index in [1.807, 2.05) is 54.6 Å². The number of carboxylic acid groups (broad SMARTS) is 1. The van der Waals surface area contributed by atoms with Gasteiger partial charge in [-0.15, -0.1) is 0 Å². The third-order valence-corrected chi connectivity index (χ3v) is 6.39. The van der Waals surface area contributed by atoms with E-state index in [4.69, 9.17) is 25.1 Å². The van der Waals surface area contributed by atoms with Gasteiger partial charge in [0.1, 0.15) is 30.3 Å². The number of nitrogens with two attached hydrogens (primary N) is 1. The summed E-state index contributed by atoms with van der Waals surface area (Å²) in [6.07, 6.45) is 3.03. The summed E-state index contributed by atoms with van der Waals surface area (Å²) in [4.78, 5) is 32.1. The number of carboxylic acids is 1. The number of ether oxygens (including phenoxy) is 3. The van der Waals surface area contributed by atoms with E-state index in [-0.39, 0.29) is 6.42 Å². The van der Waals surface area contributed by atoms with E-state index in [2.05, 4.69) is 9.05 Å². The molecule has 0 spiro atoms. The highest BCUT2D eigenvalue weighted by Crippen LogP contribution is 2.43. The minimum Gasteiger partial charge on any atom is -0.494 e. The maximum atomic E-state index is 12.0. The molecule has 0 aliphatic heterocycles. The highest BCUT2D eigenvalue weighted by Gasteiger charge is 2.26. The minimum atomic E-state index is -4.63. The van der Waals surface area contributed by atoms with Crippen LogP contribution in [0.3, 0.4) is 0 Å². The number of unbranched alkanes of at least 4 members (excludes halogenated alkanes) is 3. The number of hydrogen-bond acceptors (Lipinski definition) is 10. The number of carbonyl (C=O) groups is 2. The van der Waals surface area contributed by atoms with Gasteiger partial charge in [-0.2, -0.15) is 0 Å². The number of aliphatic carboxylic acids is 1. The number of phosphoric ester groups is 1. The average molecular weight is 584 g/mol. The minimum absolute atomic E-state index is 0.0523. The molecule has 0 heterocycles. The number of hydrogen-bond donors (Lipinski definition) is 4. The standard InChI is InChI=1S/C27H38NO11P/c28-25(27(31)32)20-39-40(33,34)38-19-22(29)18-37-26(30)14-13-21-9-8-12-24(17-21)36-16-7-2-1-6-15-35-23-10-4-3-5-11-23/h3-5,8-12,17,22,25,29H,1-2,6-7,13-16,18-20,28H2,(H,31,32)(H,33,34)/t22-,25+/m1/s1. The van der Waals surface area contributed by atoms with Crippen molar-refractivity contribution in [1.82, 2.24) is 0 Å². The van der Waals surface area contributed by atoms with Crippen LogP contribution in [0.25, 0.3) is 0 Å². The molecule has 5 N–H and O–H groups in total. The molecule has 40 heavy (non-hydrogen) atoms. The monoisotopic (exact) mass is 583 g/mol. The number of aliphatic hydroxyl groups excluding tert-OH is 1. The molecule has 2 rings (SSSR count). The Morgan fingerprint density at radius 3 is 2.15 bits per heavy atom. The molecule has 2 aromatic carbocycles. The van der Waals surface area contributed by atoms with E-state index in [9.17, 15) is 24.2 Å². The van der Waals surface area contributed by atoms with Crippen molar-refractivity contribution < 1.29 is 52.5 Å². The fourth-order valence-corrected chi connectivity index (χ4v) is 4.05. The van der Waals surface area contributed by atoms with E-state index in [1.165, 1.54) is 0 Å². The lowest BCUT2D eigenvalue weighted by atomic mass is 10.1. The average Bonchev–Trinajstić information content (AvgIpc) is 2.94. The molecule has 12 nitrogen and oxygen atoms in total. The fourth-order valence-electron chi connectivity index (χ4n) is 3.26. The van der Waals surface area contributed by atoms with E-state index in [1.54, 1.807) is 0 Å². The quantitative estimate of drug-likeness (QED) is 0.0958. The summed E-state index contributed by atoms with van der Waals surface area (Å²) >= 11 is 0. The lowest BCUT2D eigenvalue weighted by Crippen LogP contribution is -2.34. The third kappa shape index (κ3) is 15.0. The van der Waals surface area contributed by atoms with Crippen LogP contribution in [0.5, 0.6) is 11.5 Å². The van der Waals surface area contributed by atoms with Gasteiger partial charge < -0.3 is 35.1 Å². The summed E-state index contributed by atoms with van der Waals surface area (Å²) in [5.74, 6) is -0.395. The molecule has 0 aromatic heterocycles. The molecule has 13 heteroatoms. The molecule has 1 unspecified atom stereocenters. The Balaban J connectivity index is 1.55. The largest absolute Gasteiger partial charge is 0.494 e. The molecular formula is C27H38NO11P. The number of para-hydroxylation sites is 1. The summed E-state index contributed by atoms with van der Waals surface area (Å²) in [7, 11) is -4.63. The highest BCUT2D eigenvalue weighted by molar-refractivity contribution is 7.47. The smallest absolute Gasteiger partial charge is 0.472 e. The Labute approximate surface area is 233 Å². The Morgan fingerprint density at radius 2 is 1.48 bits per heavy atom. The summed E-state index contributed by atoms with van der Waals surface area (Å²) in [5.41, 5.74) is 6.05. The van der Waals surface area contributed by atoms with Gasteiger partial charge in [0.15, 0.2) is 0 Å². The number of esters is 1. The van der Waals surface area contributed by atoms with Crippen LogP contribution in [0.15, 0.2) is 54.6 Å². The maximum absolute atomic E-state index is 12.0. The van der Waals surface area contributed by atoms with Crippen molar-refractivity contribution in [2.75, 3.05) is 33.0 Å². The zero-order valence-electron chi connectivity index (χ0n) is 22.3. The molecule has 0 saturated heterocycles. The molecular weight excluding hydrogens is 545 g/mol. The lowest BCUT2D eigenvalue weighted by Gasteiger charge is -2.16. The van der Waals surface area contributed by atoms with Crippen LogP contribution in [0.4, 0.5) is 0 Å². The van der Waals surface area contributed by atoms with Gasteiger partial charge in [-0.1, -0.05) is 30.3 Å². The summed E-state index contributed by atoms with van der Waals surface area (Å²) in [6.45, 7) is -0.623. The number of carbonyl (C=O) groups excluding carboxylic acids is 1. The summed E-state index contributed by atoms with van der Waals surface area (Å²) in [6, 6.07) is 15.6. The Hall–Kier alpha value is -2.99. The zero-order valence-corrected chi connectivity index (χ0v) is 23.2. The van der Waals surface area contributed by atoms with Crippen LogP contribution in [-0.4, -0.2) is 72.2 Å². The summed E-state index contributed by atoms with van der Waals surface area (Å²) in [5, 5.41) is 18.5. The van der Waals surface area contributed by atoms with Gasteiger partial charge in [0.2, 0.25) is 0 Å². The first-order valence-electron chi connectivity index (χ1n) is 13.0. The second kappa shape index (κ2) is 18.4. The van der Waals surface area contributed by atoms with Crippen molar-refractivity contribution in [3.05, 3.63) is 60.2 Å². The van der Waals surface area contributed by atoms with Crippen molar-refractivity contribution in [3.63, 3.8) is 0 Å². The number of rotatable bonds is 21. The first-order chi connectivity index (χ1) is 19.1. The molecule has 0 aliphatic carbocycles. The maximum Gasteiger partial charge on any atom is 0.472 e. The van der Waals surface area contributed by atoms with E-state index in [0.29, 0.717) is 25.4 Å². The van der Waals surface area contributed by atoms with Crippen molar-refractivity contribution in [2.45, 2.75) is 50.7 Å². The molecule has 0 saturated carbocycles. The van der Waals surface area contributed by atoms with Crippen molar-refractivity contribution in [2.24, 2.45) is 5.73 Å². The van der Waals surface area contributed by atoms with Crippen molar-refractivity contribution in [1.29, 1.82) is 0 Å². The molecule has 3 atom stereocenters. The van der Waals surface area contributed by atoms with Crippen molar-refractivity contribution >= 4 is 19.8 Å². The van der Waals surface area contributed by atoms with Crippen LogP contribution in [0, 0.1) is 0 Å². The molecule has 0 fully saturated rings. The van der Waals surface area contributed by atoms with Gasteiger partial charge in [0.25, 0.3) is 0 Å². The Bertz CT molecular complexity index is 1070. The van der Waals surface area contributed by atoms with Gasteiger partial charge in [-0.3, -0.25) is 18.6 Å². The van der Waals surface area contributed by atoms with E-state index in [0.717, 1.165) is 37.0 Å². The second-order valence-corrected chi connectivity index (χ2v) is 10.4. The first-order valence-corrected chi connectivity index (χ1v) is 14.5. The van der Waals surface area contributed by atoms with Gasteiger partial charge in [0, 0.05) is 6.42 Å². The molecule has 0 radical (unpaired) electrons. The van der Waals surface area contributed by atoms with Gasteiger partial charge in [-0.25, -0.2) is 4.57 Å². The molecule has 0 bridgehead atoms. The first kappa shape index (κ1) is 33.2. The van der Waals surface area contributed by atoms with Crippen LogP contribution in [0.2, 0.25) is 0 Å². The SMILES string of the molecule is N[C@@H](COP(=O)(O)OC[C@H](O)COC(=O)CCc1cccc(OCCCCCCOc2ccccc2)c1)C(=O)O. The van der Waals surface area contributed by atoms with Crippen LogP contribution in [0.1, 0.15) is 37.7 Å². The predicted octanol–water partition coefficient (Wildman–Crippen LogP) is 3.09. The number of phosphoric acid groups is 1. The topological polar surface area (TPSA) is 184 Å². The fraction of sp³-hybridized carbons (Fsp3) is 0.481. The molecule has 0 amide bonds.